The van der Waals surface area contributed by atoms with Crippen LogP contribution in [-0.2, 0) is 9.05 Å². The van der Waals surface area contributed by atoms with Gasteiger partial charge in [0.15, 0.2) is 0 Å². The van der Waals surface area contributed by atoms with E-state index in [0.717, 1.165) is 0 Å². The summed E-state index contributed by atoms with van der Waals surface area (Å²) >= 11 is 0. The molecule has 0 spiro atoms. The Balaban J connectivity index is 1.76. The van der Waals surface area contributed by atoms with Crippen LogP contribution in [0.1, 0.15) is 38.5 Å². The van der Waals surface area contributed by atoms with Gasteiger partial charge in [0.25, 0.3) is 0 Å². The topological polar surface area (TPSA) is 18.5 Å². The molecule has 0 atom stereocenters. The maximum absolute atomic E-state index is 6.38. The molecule has 2 aliphatic carbocycles. The average Bonchev–Trinajstić information content (AvgIpc) is 2.30. The number of hydrogen-bond donors (Lipinski definition) is 0. The SMILES string of the molecule is C[PH](OC1CCC1)(OC1CCC1)c1ccccc1. The quantitative estimate of drug-likeness (QED) is 0.757. The molecule has 3 rings (SSSR count). The molecule has 2 fully saturated rings. The van der Waals surface area contributed by atoms with E-state index in [1.807, 2.05) is 0 Å². The molecule has 0 saturated heterocycles. The van der Waals surface area contributed by atoms with Crippen LogP contribution in [0.4, 0.5) is 0 Å². The number of hydrogen-bond acceptors (Lipinski definition) is 2. The fourth-order valence-electron chi connectivity index (χ4n) is 2.52. The van der Waals surface area contributed by atoms with Crippen molar-refractivity contribution in [3.05, 3.63) is 30.3 Å². The van der Waals surface area contributed by atoms with E-state index in [4.69, 9.17) is 9.05 Å². The molecule has 3 heteroatoms. The van der Waals surface area contributed by atoms with Gasteiger partial charge in [0.1, 0.15) is 0 Å². The van der Waals surface area contributed by atoms with Gasteiger partial charge in [-0.2, -0.15) is 0 Å². The summed E-state index contributed by atoms with van der Waals surface area (Å²) in [6, 6.07) is 10.6. The van der Waals surface area contributed by atoms with Crippen molar-refractivity contribution in [3.8, 4) is 0 Å². The van der Waals surface area contributed by atoms with Crippen molar-refractivity contribution in [1.82, 2.24) is 0 Å². The van der Waals surface area contributed by atoms with Crippen LogP contribution in [0.2, 0.25) is 0 Å². The van der Waals surface area contributed by atoms with Gasteiger partial charge in [0, 0.05) is 0 Å². The number of rotatable bonds is 5. The van der Waals surface area contributed by atoms with Crippen molar-refractivity contribution >= 4 is 13.0 Å². The molecule has 18 heavy (non-hydrogen) atoms. The summed E-state index contributed by atoms with van der Waals surface area (Å²) in [7, 11) is -2.19. The van der Waals surface area contributed by atoms with Crippen molar-refractivity contribution < 1.29 is 9.05 Å². The van der Waals surface area contributed by atoms with Crippen molar-refractivity contribution in [3.63, 3.8) is 0 Å². The van der Waals surface area contributed by atoms with Crippen molar-refractivity contribution in [2.24, 2.45) is 0 Å². The molecule has 0 unspecified atom stereocenters. The van der Waals surface area contributed by atoms with Crippen LogP contribution in [-0.4, -0.2) is 18.9 Å². The molecule has 2 nitrogen and oxygen atoms in total. The van der Waals surface area contributed by atoms with Gasteiger partial charge in [-0.15, -0.1) is 0 Å². The van der Waals surface area contributed by atoms with Crippen LogP contribution in [0.25, 0.3) is 0 Å². The molecular weight excluding hydrogens is 243 g/mol. The molecule has 1 aromatic carbocycles. The average molecular weight is 266 g/mol. The van der Waals surface area contributed by atoms with E-state index in [-0.39, 0.29) is 0 Å². The molecule has 0 amide bonds. The molecule has 0 radical (unpaired) electrons. The van der Waals surface area contributed by atoms with E-state index in [0.29, 0.717) is 12.2 Å². The Morgan fingerprint density at radius 3 is 1.78 bits per heavy atom. The van der Waals surface area contributed by atoms with Crippen LogP contribution < -0.4 is 5.30 Å². The summed E-state index contributed by atoms with van der Waals surface area (Å²) in [4.78, 5) is 0. The van der Waals surface area contributed by atoms with Crippen molar-refractivity contribution in [1.29, 1.82) is 0 Å². The third kappa shape index (κ3) is 2.61. The van der Waals surface area contributed by atoms with Crippen molar-refractivity contribution in [2.75, 3.05) is 6.66 Å². The van der Waals surface area contributed by atoms with E-state index in [1.54, 1.807) is 0 Å². The van der Waals surface area contributed by atoms with Crippen LogP contribution in [0.5, 0.6) is 0 Å². The summed E-state index contributed by atoms with van der Waals surface area (Å²) in [5.41, 5.74) is 0. The number of benzene rings is 1. The molecule has 2 saturated carbocycles. The summed E-state index contributed by atoms with van der Waals surface area (Å²) < 4.78 is 12.8. The standard InChI is InChI=1S/C15H23O2P/c1-18(16-13-7-5-8-13,17-14-9-6-10-14)15-11-3-2-4-12-15/h2-4,11-14,18H,5-10H2,1H3. The van der Waals surface area contributed by atoms with Gasteiger partial charge in [-0.1, -0.05) is 0 Å². The minimum absolute atomic E-state index is 0.446. The van der Waals surface area contributed by atoms with Gasteiger partial charge in [-0.3, -0.25) is 0 Å². The van der Waals surface area contributed by atoms with Gasteiger partial charge in [-0.05, 0) is 0 Å². The maximum atomic E-state index is 6.38. The van der Waals surface area contributed by atoms with Gasteiger partial charge in [0.05, 0.1) is 0 Å². The van der Waals surface area contributed by atoms with E-state index in [2.05, 4.69) is 37.0 Å². The molecule has 0 aromatic heterocycles. The molecule has 100 valence electrons. The monoisotopic (exact) mass is 266 g/mol. The zero-order chi connectivity index (χ0) is 12.4. The second kappa shape index (κ2) is 5.28. The summed E-state index contributed by atoms with van der Waals surface area (Å²) in [6.07, 6.45) is 8.37. The van der Waals surface area contributed by atoms with Gasteiger partial charge < -0.3 is 0 Å². The normalized spacial score (nSPS) is 22.3. The molecular formula is C15H23O2P. The van der Waals surface area contributed by atoms with Crippen LogP contribution in [0.15, 0.2) is 30.3 Å². The second-order valence-corrected chi connectivity index (χ2v) is 8.59. The molecule has 0 aliphatic heterocycles. The fourth-order valence-corrected chi connectivity index (χ4v) is 5.39. The van der Waals surface area contributed by atoms with E-state index >= 15 is 0 Å². The second-order valence-electron chi connectivity index (χ2n) is 5.65. The Bertz CT molecular complexity index is 369. The summed E-state index contributed by atoms with van der Waals surface area (Å²) in [5, 5.41) is 1.28. The third-order valence-corrected chi connectivity index (χ3v) is 7.13. The summed E-state index contributed by atoms with van der Waals surface area (Å²) in [5.74, 6) is 0. The van der Waals surface area contributed by atoms with Crippen LogP contribution in [0, 0.1) is 0 Å². The zero-order valence-electron chi connectivity index (χ0n) is 11.1. The molecule has 1 aromatic rings. The fraction of sp³-hybridized carbons (Fsp3) is 0.600. The van der Waals surface area contributed by atoms with Gasteiger partial charge in [-0.25, -0.2) is 0 Å². The first-order valence-corrected chi connectivity index (χ1v) is 9.49. The minimum atomic E-state index is -2.19. The Morgan fingerprint density at radius 2 is 1.39 bits per heavy atom. The molecule has 0 N–H and O–H groups in total. The van der Waals surface area contributed by atoms with E-state index in [1.165, 1.54) is 43.8 Å². The first-order chi connectivity index (χ1) is 8.76. The first kappa shape index (κ1) is 12.6. The van der Waals surface area contributed by atoms with E-state index in [9.17, 15) is 0 Å². The van der Waals surface area contributed by atoms with Crippen LogP contribution in [0.3, 0.4) is 0 Å². The Kier molecular flexibility index (Phi) is 3.70. The predicted molar refractivity (Wildman–Crippen MR) is 77.8 cm³/mol. The predicted octanol–water partition coefficient (Wildman–Crippen LogP) is 3.66. The first-order valence-electron chi connectivity index (χ1n) is 7.17. The zero-order valence-corrected chi connectivity index (χ0v) is 12.1. The third-order valence-electron chi connectivity index (χ3n) is 4.19. The van der Waals surface area contributed by atoms with Crippen LogP contribution >= 0.6 is 7.72 Å². The van der Waals surface area contributed by atoms with E-state index < -0.39 is 7.72 Å². The van der Waals surface area contributed by atoms with Gasteiger partial charge in [0.2, 0.25) is 0 Å². The Labute approximate surface area is 110 Å². The summed E-state index contributed by atoms with van der Waals surface area (Å²) in [6.45, 7) is 2.22. The molecule has 2 aliphatic rings. The molecule has 0 bridgehead atoms. The van der Waals surface area contributed by atoms with Gasteiger partial charge >= 0.3 is 110 Å². The Morgan fingerprint density at radius 1 is 0.889 bits per heavy atom. The van der Waals surface area contributed by atoms with Crippen molar-refractivity contribution in [2.45, 2.75) is 50.7 Å². The Hall–Kier alpha value is -0.430. The molecule has 0 heterocycles.